The molecule has 1 N–H and O–H groups in total. The van der Waals surface area contributed by atoms with Crippen LogP contribution >= 0.6 is 27.3 Å². The van der Waals surface area contributed by atoms with E-state index in [0.717, 1.165) is 48.7 Å². The third kappa shape index (κ3) is 5.04. The molecule has 0 atom stereocenters. The van der Waals surface area contributed by atoms with E-state index < -0.39 is 0 Å². The van der Waals surface area contributed by atoms with E-state index in [1.807, 2.05) is 91.0 Å². The maximum absolute atomic E-state index is 4.82. The fourth-order valence-corrected chi connectivity index (χ4v) is 5.23. The molecule has 0 amide bonds. The molecular weight excluding hydrogens is 556 g/mol. The molecule has 6 aromatic rings. The lowest BCUT2D eigenvalue weighted by molar-refractivity contribution is 0.942. The minimum Gasteiger partial charge on any atom is -0.284 e. The van der Waals surface area contributed by atoms with Gasteiger partial charge in [0.2, 0.25) is 4.80 Å². The van der Waals surface area contributed by atoms with Crippen LogP contribution in [-0.2, 0) is 0 Å². The number of benzene rings is 4. The Morgan fingerprint density at radius 1 is 0.658 bits per heavy atom. The number of hydrogen-bond donors (Lipinski definition) is 1. The van der Waals surface area contributed by atoms with E-state index in [4.69, 9.17) is 10.1 Å². The molecule has 0 spiro atoms. The van der Waals surface area contributed by atoms with Gasteiger partial charge in [-0.2, -0.15) is 0 Å². The third-order valence-electron chi connectivity index (χ3n) is 5.90. The van der Waals surface area contributed by atoms with Crippen molar-refractivity contribution in [3.63, 3.8) is 0 Å². The summed E-state index contributed by atoms with van der Waals surface area (Å²) in [5.74, 6) is 0.320. The van der Waals surface area contributed by atoms with Crippen molar-refractivity contribution in [2.24, 2.45) is 5.10 Å². The molecule has 0 radical (unpaired) electrons. The molecule has 8 heteroatoms. The Bertz CT molecular complexity index is 1730. The molecule has 4 aromatic carbocycles. The van der Waals surface area contributed by atoms with E-state index in [9.17, 15) is 0 Å². The van der Waals surface area contributed by atoms with Crippen LogP contribution in [0.15, 0.2) is 130 Å². The third-order valence-corrected chi connectivity index (χ3v) is 7.25. The lowest BCUT2D eigenvalue weighted by Gasteiger charge is -2.10. The molecule has 0 saturated carbocycles. The minimum atomic E-state index is 0.320. The largest absolute Gasteiger partial charge is 0.284 e. The van der Waals surface area contributed by atoms with Crippen LogP contribution in [0.3, 0.4) is 0 Å². The van der Waals surface area contributed by atoms with Gasteiger partial charge in [-0.1, -0.05) is 107 Å². The van der Waals surface area contributed by atoms with Gasteiger partial charge in [0.05, 0.1) is 5.69 Å². The molecule has 0 fully saturated rings. The Balaban J connectivity index is 1.43. The summed E-state index contributed by atoms with van der Waals surface area (Å²) >= 11 is 5.07. The number of anilines is 1. The molecular formula is C30H21BrN6S. The summed E-state index contributed by atoms with van der Waals surface area (Å²) in [5, 5.41) is 15.7. The van der Waals surface area contributed by atoms with Crippen LogP contribution in [0.1, 0.15) is 0 Å². The van der Waals surface area contributed by atoms with Crippen LogP contribution in [0.2, 0.25) is 0 Å². The van der Waals surface area contributed by atoms with E-state index in [1.54, 1.807) is 0 Å². The Labute approximate surface area is 232 Å². The molecule has 2 heterocycles. The van der Waals surface area contributed by atoms with Crippen LogP contribution in [-0.4, -0.2) is 19.7 Å². The van der Waals surface area contributed by atoms with Crippen LogP contribution in [0.5, 0.6) is 0 Å². The SMILES string of the molecule is Brc1ccc(-n2c(-c3ccccc3)cs/c2=N\Nc2nnc(-c3ccccc3)c(-c3ccccc3)n2)cc1. The predicted octanol–water partition coefficient (Wildman–Crippen LogP) is 7.42. The smallest absolute Gasteiger partial charge is 0.263 e. The van der Waals surface area contributed by atoms with Gasteiger partial charge in [-0.05, 0) is 29.8 Å². The topological polar surface area (TPSA) is 68.0 Å². The molecule has 6 nitrogen and oxygen atoms in total. The molecule has 0 aliphatic rings. The van der Waals surface area contributed by atoms with Crippen LogP contribution in [0.4, 0.5) is 5.95 Å². The second kappa shape index (κ2) is 10.9. The van der Waals surface area contributed by atoms with Crippen LogP contribution in [0, 0.1) is 0 Å². The molecule has 0 saturated heterocycles. The van der Waals surface area contributed by atoms with Gasteiger partial charge in [0.1, 0.15) is 11.4 Å². The lowest BCUT2D eigenvalue weighted by Crippen LogP contribution is -2.16. The van der Waals surface area contributed by atoms with Gasteiger partial charge >= 0.3 is 0 Å². The number of hydrogen-bond acceptors (Lipinski definition) is 6. The highest BCUT2D eigenvalue weighted by atomic mass is 79.9. The Morgan fingerprint density at radius 3 is 1.87 bits per heavy atom. The van der Waals surface area contributed by atoms with Gasteiger partial charge in [-0.25, -0.2) is 10.4 Å². The number of rotatable bonds is 6. The standard InChI is InChI=1S/C30H21BrN6S/c31-24-16-18-25(19-17-24)37-26(21-10-4-1-5-11-21)20-38-30(37)36-35-29-32-27(22-12-6-2-7-13-22)28(33-34-29)23-14-8-3-9-15-23/h1-20H,(H,32,34,35)/b36-30-. The summed E-state index contributed by atoms with van der Waals surface area (Å²) in [5.41, 5.74) is 9.56. The second-order valence-corrected chi connectivity index (χ2v) is 10.1. The first-order chi connectivity index (χ1) is 18.8. The minimum absolute atomic E-state index is 0.320. The van der Waals surface area contributed by atoms with E-state index in [2.05, 4.69) is 65.8 Å². The van der Waals surface area contributed by atoms with Crippen molar-refractivity contribution < 1.29 is 0 Å². The number of nitrogens with zero attached hydrogens (tertiary/aromatic N) is 5. The summed E-state index contributed by atoms with van der Waals surface area (Å²) in [4.78, 5) is 5.58. The molecule has 0 aliphatic carbocycles. The van der Waals surface area contributed by atoms with Crippen LogP contribution < -0.4 is 10.2 Å². The summed E-state index contributed by atoms with van der Waals surface area (Å²) in [6.45, 7) is 0. The van der Waals surface area contributed by atoms with E-state index in [0.29, 0.717) is 5.95 Å². The Hall–Kier alpha value is -4.40. The second-order valence-electron chi connectivity index (χ2n) is 8.37. The van der Waals surface area contributed by atoms with E-state index >= 15 is 0 Å². The molecule has 0 aliphatic heterocycles. The Kier molecular flexibility index (Phi) is 6.89. The molecule has 0 unspecified atom stereocenters. The fraction of sp³-hybridized carbons (Fsp3) is 0. The lowest BCUT2D eigenvalue weighted by atomic mass is 10.0. The summed E-state index contributed by atoms with van der Waals surface area (Å²) in [7, 11) is 0. The Morgan fingerprint density at radius 2 is 1.24 bits per heavy atom. The van der Waals surface area contributed by atoms with Gasteiger partial charge < -0.3 is 0 Å². The molecule has 2 aromatic heterocycles. The van der Waals surface area contributed by atoms with Gasteiger partial charge in [-0.3, -0.25) is 4.57 Å². The van der Waals surface area contributed by atoms with Crippen molar-refractivity contribution >= 4 is 33.2 Å². The molecule has 184 valence electrons. The average molecular weight is 578 g/mol. The van der Waals surface area contributed by atoms with E-state index in [-0.39, 0.29) is 0 Å². The first-order valence-electron chi connectivity index (χ1n) is 11.9. The van der Waals surface area contributed by atoms with Gasteiger partial charge in [0.15, 0.2) is 0 Å². The maximum Gasteiger partial charge on any atom is 0.263 e. The molecule has 6 rings (SSSR count). The quantitative estimate of drug-likeness (QED) is 0.209. The zero-order valence-electron chi connectivity index (χ0n) is 20.1. The van der Waals surface area contributed by atoms with Crippen molar-refractivity contribution in [1.82, 2.24) is 19.7 Å². The summed E-state index contributed by atoms with van der Waals surface area (Å²) in [6, 6.07) is 38.4. The first-order valence-corrected chi connectivity index (χ1v) is 13.6. The number of halogens is 1. The molecule has 0 bridgehead atoms. The van der Waals surface area contributed by atoms with E-state index in [1.165, 1.54) is 11.3 Å². The van der Waals surface area contributed by atoms with Crippen molar-refractivity contribution in [3.8, 4) is 39.5 Å². The first kappa shape index (κ1) is 24.0. The van der Waals surface area contributed by atoms with Crippen molar-refractivity contribution in [3.05, 3.63) is 130 Å². The van der Waals surface area contributed by atoms with Crippen molar-refractivity contribution in [2.75, 3.05) is 5.43 Å². The monoisotopic (exact) mass is 576 g/mol. The highest BCUT2D eigenvalue weighted by Crippen LogP contribution is 2.29. The van der Waals surface area contributed by atoms with Gasteiger partial charge in [0.25, 0.3) is 5.95 Å². The zero-order chi connectivity index (χ0) is 25.7. The van der Waals surface area contributed by atoms with Gasteiger partial charge in [-0.15, -0.1) is 26.6 Å². The summed E-state index contributed by atoms with van der Waals surface area (Å²) < 4.78 is 3.13. The zero-order valence-corrected chi connectivity index (χ0v) is 22.5. The molecule has 38 heavy (non-hydrogen) atoms. The average Bonchev–Trinajstić information content (AvgIpc) is 3.42. The van der Waals surface area contributed by atoms with Crippen LogP contribution in [0.25, 0.3) is 39.5 Å². The van der Waals surface area contributed by atoms with Crippen molar-refractivity contribution in [1.29, 1.82) is 0 Å². The highest BCUT2D eigenvalue weighted by Gasteiger charge is 2.14. The maximum atomic E-state index is 4.82. The summed E-state index contributed by atoms with van der Waals surface area (Å²) in [6.07, 6.45) is 0. The number of nitrogens with one attached hydrogen (secondary N) is 1. The number of thiazole rings is 1. The predicted molar refractivity (Wildman–Crippen MR) is 157 cm³/mol. The van der Waals surface area contributed by atoms with Crippen molar-refractivity contribution in [2.45, 2.75) is 0 Å². The number of aromatic nitrogens is 4. The highest BCUT2D eigenvalue weighted by molar-refractivity contribution is 9.10. The fourth-order valence-electron chi connectivity index (χ4n) is 4.10. The normalized spacial score (nSPS) is 11.4. The van der Waals surface area contributed by atoms with Gasteiger partial charge in [0, 0.05) is 26.7 Å².